The Bertz CT molecular complexity index is 413. The van der Waals surface area contributed by atoms with E-state index in [2.05, 4.69) is 5.32 Å². The number of ether oxygens (including phenoxy) is 2. The molecule has 4 nitrogen and oxygen atoms in total. The Morgan fingerprint density at radius 2 is 2.00 bits per heavy atom. The lowest BCUT2D eigenvalue weighted by molar-refractivity contribution is -0.153. The van der Waals surface area contributed by atoms with Gasteiger partial charge in [0, 0.05) is 13.2 Å². The Morgan fingerprint density at radius 3 is 2.62 bits per heavy atom. The third-order valence-electron chi connectivity index (χ3n) is 2.76. The zero-order valence-electron chi connectivity index (χ0n) is 12.0. The number of halogens is 3. The molecule has 1 aromatic rings. The van der Waals surface area contributed by atoms with Gasteiger partial charge in [0.2, 0.25) is 0 Å². The summed E-state index contributed by atoms with van der Waals surface area (Å²) in [6.07, 6.45) is -2.80. The zero-order chi connectivity index (χ0) is 15.7. The van der Waals surface area contributed by atoms with Gasteiger partial charge in [0.15, 0.2) is 6.61 Å². The van der Waals surface area contributed by atoms with Crippen LogP contribution >= 0.6 is 0 Å². The van der Waals surface area contributed by atoms with Gasteiger partial charge in [-0.05, 0) is 31.5 Å². The Balaban J connectivity index is 2.71. The van der Waals surface area contributed by atoms with Crippen molar-refractivity contribution in [3.8, 4) is 5.75 Å². The van der Waals surface area contributed by atoms with Crippen LogP contribution < -0.4 is 15.8 Å². The maximum Gasteiger partial charge on any atom is 0.422 e. The standard InChI is InChI=1S/C14H21F3N2O2/c1-20-9-11(5-4-8-18)19-12-6-2-3-7-13(12)21-10-14(15,16)17/h2-3,6-7,11,19H,4-5,8-10,18H2,1H3. The minimum atomic E-state index is -4.36. The molecule has 0 aliphatic carbocycles. The van der Waals surface area contributed by atoms with Crippen LogP contribution in [-0.2, 0) is 4.74 Å². The van der Waals surface area contributed by atoms with Gasteiger partial charge in [0.05, 0.1) is 12.3 Å². The molecule has 1 atom stereocenters. The summed E-state index contributed by atoms with van der Waals surface area (Å²) < 4.78 is 46.7. The minimum absolute atomic E-state index is 0.0332. The first kappa shape index (κ1) is 17.6. The fourth-order valence-electron chi connectivity index (χ4n) is 1.85. The highest BCUT2D eigenvalue weighted by Crippen LogP contribution is 2.27. The highest BCUT2D eigenvalue weighted by molar-refractivity contribution is 5.56. The van der Waals surface area contributed by atoms with Crippen molar-refractivity contribution < 1.29 is 22.6 Å². The topological polar surface area (TPSA) is 56.5 Å². The average molecular weight is 306 g/mol. The van der Waals surface area contributed by atoms with Crippen LogP contribution in [0.3, 0.4) is 0 Å². The summed E-state index contributed by atoms with van der Waals surface area (Å²) in [7, 11) is 1.57. The van der Waals surface area contributed by atoms with E-state index in [-0.39, 0.29) is 11.8 Å². The van der Waals surface area contributed by atoms with Crippen molar-refractivity contribution in [3.63, 3.8) is 0 Å². The quantitative estimate of drug-likeness (QED) is 0.736. The van der Waals surface area contributed by atoms with E-state index in [4.69, 9.17) is 15.2 Å². The molecule has 0 aliphatic rings. The minimum Gasteiger partial charge on any atom is -0.482 e. The van der Waals surface area contributed by atoms with E-state index in [1.165, 1.54) is 6.07 Å². The number of methoxy groups -OCH3 is 1. The molecule has 0 aromatic heterocycles. The van der Waals surface area contributed by atoms with Crippen LogP contribution in [0.25, 0.3) is 0 Å². The maximum atomic E-state index is 12.2. The van der Waals surface area contributed by atoms with Gasteiger partial charge in [-0.15, -0.1) is 0 Å². The van der Waals surface area contributed by atoms with Crippen molar-refractivity contribution in [1.82, 2.24) is 0 Å². The molecule has 0 spiro atoms. The number of alkyl halides is 3. The summed E-state index contributed by atoms with van der Waals surface area (Å²) in [5.74, 6) is 0.170. The third-order valence-corrected chi connectivity index (χ3v) is 2.76. The Labute approximate surface area is 122 Å². The lowest BCUT2D eigenvalue weighted by Gasteiger charge is -2.21. The predicted octanol–water partition coefficient (Wildman–Crippen LogP) is 2.79. The normalized spacial score (nSPS) is 13.0. The first-order valence-corrected chi connectivity index (χ1v) is 6.70. The number of nitrogens with one attached hydrogen (secondary N) is 1. The highest BCUT2D eigenvalue weighted by Gasteiger charge is 2.28. The first-order valence-electron chi connectivity index (χ1n) is 6.70. The van der Waals surface area contributed by atoms with Gasteiger partial charge in [-0.2, -0.15) is 13.2 Å². The molecule has 120 valence electrons. The molecule has 1 aromatic carbocycles. The molecule has 0 amide bonds. The van der Waals surface area contributed by atoms with Crippen LogP contribution in [0.15, 0.2) is 24.3 Å². The molecule has 0 aliphatic heterocycles. The lowest BCUT2D eigenvalue weighted by atomic mass is 10.1. The second-order valence-corrected chi connectivity index (χ2v) is 4.63. The van der Waals surface area contributed by atoms with E-state index in [9.17, 15) is 13.2 Å². The van der Waals surface area contributed by atoms with Crippen molar-refractivity contribution in [1.29, 1.82) is 0 Å². The molecule has 21 heavy (non-hydrogen) atoms. The first-order chi connectivity index (χ1) is 9.96. The van der Waals surface area contributed by atoms with E-state index in [1.54, 1.807) is 25.3 Å². The number of rotatable bonds is 9. The van der Waals surface area contributed by atoms with Gasteiger partial charge in [-0.25, -0.2) is 0 Å². The van der Waals surface area contributed by atoms with Crippen molar-refractivity contribution in [3.05, 3.63) is 24.3 Å². The number of para-hydroxylation sites is 2. The Morgan fingerprint density at radius 1 is 1.29 bits per heavy atom. The van der Waals surface area contributed by atoms with E-state index in [0.717, 1.165) is 12.8 Å². The van der Waals surface area contributed by atoms with Crippen LogP contribution in [0, 0.1) is 0 Å². The number of hydrogen-bond donors (Lipinski definition) is 2. The highest BCUT2D eigenvalue weighted by atomic mass is 19.4. The smallest absolute Gasteiger partial charge is 0.422 e. The largest absolute Gasteiger partial charge is 0.482 e. The number of hydrogen-bond acceptors (Lipinski definition) is 4. The van der Waals surface area contributed by atoms with Gasteiger partial charge >= 0.3 is 6.18 Å². The molecule has 0 bridgehead atoms. The average Bonchev–Trinajstić information content (AvgIpc) is 2.43. The molecule has 1 unspecified atom stereocenters. The Kier molecular flexibility index (Phi) is 7.31. The number of benzene rings is 1. The molecule has 7 heteroatoms. The molecular formula is C14H21F3N2O2. The monoisotopic (exact) mass is 306 g/mol. The van der Waals surface area contributed by atoms with Gasteiger partial charge in [0.25, 0.3) is 0 Å². The molecule has 0 saturated heterocycles. The van der Waals surface area contributed by atoms with Crippen LogP contribution in [0.5, 0.6) is 5.75 Å². The maximum absolute atomic E-state index is 12.2. The fraction of sp³-hybridized carbons (Fsp3) is 0.571. The molecule has 0 radical (unpaired) electrons. The second kappa shape index (κ2) is 8.74. The zero-order valence-corrected chi connectivity index (χ0v) is 12.0. The van der Waals surface area contributed by atoms with Crippen LogP contribution in [0.4, 0.5) is 18.9 Å². The third kappa shape index (κ3) is 7.19. The SMILES string of the molecule is COCC(CCCN)Nc1ccccc1OCC(F)(F)F. The van der Waals surface area contributed by atoms with E-state index < -0.39 is 12.8 Å². The van der Waals surface area contributed by atoms with Crippen LogP contribution in [0.1, 0.15) is 12.8 Å². The summed E-state index contributed by atoms with van der Waals surface area (Å²) in [5.41, 5.74) is 5.99. The van der Waals surface area contributed by atoms with Crippen molar-refractivity contribution in [2.24, 2.45) is 5.73 Å². The molecule has 0 fully saturated rings. The summed E-state index contributed by atoms with van der Waals surface area (Å²) in [6, 6.07) is 6.50. The van der Waals surface area contributed by atoms with Gasteiger partial charge < -0.3 is 20.5 Å². The van der Waals surface area contributed by atoms with Crippen molar-refractivity contribution >= 4 is 5.69 Å². The van der Waals surface area contributed by atoms with E-state index in [1.807, 2.05) is 0 Å². The molecule has 1 rings (SSSR count). The van der Waals surface area contributed by atoms with Crippen LogP contribution in [-0.4, -0.2) is 39.1 Å². The molecule has 0 heterocycles. The number of nitrogens with two attached hydrogens (primary N) is 1. The predicted molar refractivity (Wildman–Crippen MR) is 75.6 cm³/mol. The van der Waals surface area contributed by atoms with Crippen molar-refractivity contribution in [2.75, 3.05) is 32.2 Å². The summed E-state index contributed by atoms with van der Waals surface area (Å²) in [5, 5.41) is 3.15. The second-order valence-electron chi connectivity index (χ2n) is 4.63. The van der Waals surface area contributed by atoms with Gasteiger partial charge in [-0.1, -0.05) is 12.1 Å². The fourth-order valence-corrected chi connectivity index (χ4v) is 1.85. The summed E-state index contributed by atoms with van der Waals surface area (Å²) in [6.45, 7) is -0.328. The van der Waals surface area contributed by atoms with Crippen molar-refractivity contribution in [2.45, 2.75) is 25.1 Å². The summed E-state index contributed by atoms with van der Waals surface area (Å²) in [4.78, 5) is 0. The van der Waals surface area contributed by atoms with Gasteiger partial charge in [0.1, 0.15) is 5.75 Å². The van der Waals surface area contributed by atoms with E-state index >= 15 is 0 Å². The van der Waals surface area contributed by atoms with Crippen LogP contribution in [0.2, 0.25) is 0 Å². The Hall–Kier alpha value is -1.47. The molecular weight excluding hydrogens is 285 g/mol. The molecule has 3 N–H and O–H groups in total. The molecule has 0 saturated carbocycles. The lowest BCUT2D eigenvalue weighted by Crippen LogP contribution is -2.26. The van der Waals surface area contributed by atoms with E-state index in [0.29, 0.717) is 18.8 Å². The summed E-state index contributed by atoms with van der Waals surface area (Å²) >= 11 is 0. The number of anilines is 1. The van der Waals surface area contributed by atoms with Gasteiger partial charge in [-0.3, -0.25) is 0 Å².